The molecule has 0 saturated carbocycles. The smallest absolute Gasteiger partial charge is 0.272 e. The number of carbonyl (C=O) groups is 1. The molecule has 0 saturated heterocycles. The van der Waals surface area contributed by atoms with Crippen LogP contribution in [0.4, 0.5) is 5.69 Å². The Kier molecular flexibility index (Phi) is 5.54. The molecule has 0 atom stereocenters. The number of nitrogens with zero attached hydrogens (tertiary/aromatic N) is 4. The van der Waals surface area contributed by atoms with Gasteiger partial charge in [0.2, 0.25) is 0 Å². The Labute approximate surface area is 163 Å². The summed E-state index contributed by atoms with van der Waals surface area (Å²) < 4.78 is 1.64. The summed E-state index contributed by atoms with van der Waals surface area (Å²) in [7, 11) is 0. The predicted molar refractivity (Wildman–Crippen MR) is 108 cm³/mol. The highest BCUT2D eigenvalue weighted by atomic mass is 16.6. The number of nitro benzene ring substituents is 1. The van der Waals surface area contributed by atoms with E-state index in [0.717, 1.165) is 11.3 Å². The summed E-state index contributed by atoms with van der Waals surface area (Å²) in [6, 6.07) is 15.7. The van der Waals surface area contributed by atoms with Gasteiger partial charge in [-0.15, -0.1) is 0 Å². The summed E-state index contributed by atoms with van der Waals surface area (Å²) in [4.78, 5) is 25.2. The van der Waals surface area contributed by atoms with Crippen molar-refractivity contribution in [2.45, 2.75) is 20.8 Å². The summed E-state index contributed by atoms with van der Waals surface area (Å²) in [5.74, 6) is -0.104. The molecular formula is C21H22N4O3. The molecule has 28 heavy (non-hydrogen) atoms. The van der Waals surface area contributed by atoms with Crippen LogP contribution in [-0.2, 0) is 0 Å². The van der Waals surface area contributed by atoms with Crippen LogP contribution in [-0.4, -0.2) is 38.6 Å². The molecule has 0 radical (unpaired) electrons. The number of rotatable bonds is 6. The molecule has 0 aliphatic carbocycles. The molecule has 0 N–H and O–H groups in total. The number of aryl methyl sites for hydroxylation is 1. The first kappa shape index (κ1) is 19.3. The van der Waals surface area contributed by atoms with Gasteiger partial charge in [-0.25, -0.2) is 4.68 Å². The molecule has 144 valence electrons. The molecule has 7 heteroatoms. The van der Waals surface area contributed by atoms with Crippen molar-refractivity contribution in [2.75, 3.05) is 13.1 Å². The molecule has 1 amide bonds. The molecule has 0 aliphatic rings. The number of amides is 1. The van der Waals surface area contributed by atoms with Crippen molar-refractivity contribution >= 4 is 11.6 Å². The number of benzene rings is 2. The molecule has 0 spiro atoms. The van der Waals surface area contributed by atoms with Crippen molar-refractivity contribution in [3.05, 3.63) is 76.0 Å². The number of non-ortho nitro benzene ring substituents is 1. The Morgan fingerprint density at radius 1 is 1.11 bits per heavy atom. The minimum atomic E-state index is -0.440. The third-order valence-electron chi connectivity index (χ3n) is 4.60. The molecule has 0 unspecified atom stereocenters. The highest BCUT2D eigenvalue weighted by molar-refractivity contribution is 5.94. The van der Waals surface area contributed by atoms with Crippen LogP contribution in [0.15, 0.2) is 54.6 Å². The molecule has 0 bridgehead atoms. The van der Waals surface area contributed by atoms with E-state index >= 15 is 0 Å². The third-order valence-corrected chi connectivity index (χ3v) is 4.60. The van der Waals surface area contributed by atoms with Gasteiger partial charge < -0.3 is 4.90 Å². The monoisotopic (exact) mass is 378 g/mol. The van der Waals surface area contributed by atoms with Gasteiger partial charge in [-0.3, -0.25) is 14.9 Å². The quantitative estimate of drug-likeness (QED) is 0.475. The summed E-state index contributed by atoms with van der Waals surface area (Å²) in [5.41, 5.74) is 3.64. The van der Waals surface area contributed by atoms with Gasteiger partial charge in [0.05, 0.1) is 16.3 Å². The van der Waals surface area contributed by atoms with Gasteiger partial charge in [0, 0.05) is 30.8 Å². The fraction of sp³-hybridized carbons (Fsp3) is 0.238. The Morgan fingerprint density at radius 2 is 1.79 bits per heavy atom. The van der Waals surface area contributed by atoms with E-state index in [1.807, 2.05) is 45.0 Å². The van der Waals surface area contributed by atoms with Gasteiger partial charge in [-0.2, -0.15) is 5.10 Å². The fourth-order valence-corrected chi connectivity index (χ4v) is 3.06. The lowest BCUT2D eigenvalue weighted by atomic mass is 10.1. The van der Waals surface area contributed by atoms with E-state index in [1.165, 1.54) is 12.1 Å². The second kappa shape index (κ2) is 8.04. The molecular weight excluding hydrogens is 356 g/mol. The van der Waals surface area contributed by atoms with Crippen LogP contribution in [0.5, 0.6) is 0 Å². The lowest BCUT2D eigenvalue weighted by Gasteiger charge is -2.19. The standard InChI is InChI=1S/C21H22N4O3/c1-4-23(5-2)21(26)20-14-19(16-9-11-17(12-10-16)25(27)28)22-24(20)18-8-6-7-15(3)13-18/h6-14H,4-5H2,1-3H3. The van der Waals surface area contributed by atoms with E-state index in [0.29, 0.717) is 30.0 Å². The third kappa shape index (κ3) is 3.78. The maximum Gasteiger partial charge on any atom is 0.272 e. The summed E-state index contributed by atoms with van der Waals surface area (Å²) in [6.45, 7) is 7.05. The van der Waals surface area contributed by atoms with Crippen molar-refractivity contribution in [2.24, 2.45) is 0 Å². The first-order chi connectivity index (χ1) is 13.4. The Bertz CT molecular complexity index is 1000. The van der Waals surface area contributed by atoms with Crippen LogP contribution >= 0.6 is 0 Å². The molecule has 3 aromatic rings. The zero-order valence-corrected chi connectivity index (χ0v) is 16.1. The van der Waals surface area contributed by atoms with Gasteiger partial charge in [0.25, 0.3) is 11.6 Å². The summed E-state index contributed by atoms with van der Waals surface area (Å²) in [5, 5.41) is 15.5. The first-order valence-electron chi connectivity index (χ1n) is 9.15. The molecule has 0 fully saturated rings. The summed E-state index contributed by atoms with van der Waals surface area (Å²) >= 11 is 0. The zero-order chi connectivity index (χ0) is 20.3. The average molecular weight is 378 g/mol. The van der Waals surface area contributed by atoms with E-state index in [2.05, 4.69) is 5.10 Å². The second-order valence-corrected chi connectivity index (χ2v) is 6.45. The molecule has 1 heterocycles. The van der Waals surface area contributed by atoms with Crippen molar-refractivity contribution < 1.29 is 9.72 Å². The number of hydrogen-bond donors (Lipinski definition) is 0. The number of nitro groups is 1. The Hall–Kier alpha value is -3.48. The lowest BCUT2D eigenvalue weighted by Crippen LogP contribution is -2.32. The van der Waals surface area contributed by atoms with Gasteiger partial charge in [0.1, 0.15) is 5.69 Å². The van der Waals surface area contributed by atoms with E-state index in [1.54, 1.807) is 27.8 Å². The molecule has 1 aromatic heterocycles. The molecule has 0 aliphatic heterocycles. The minimum Gasteiger partial charge on any atom is -0.338 e. The van der Waals surface area contributed by atoms with Crippen molar-refractivity contribution in [1.82, 2.24) is 14.7 Å². The van der Waals surface area contributed by atoms with Crippen LogP contribution in [0, 0.1) is 17.0 Å². The molecule has 7 nitrogen and oxygen atoms in total. The van der Waals surface area contributed by atoms with Gasteiger partial charge in [0.15, 0.2) is 0 Å². The molecule has 3 rings (SSSR count). The van der Waals surface area contributed by atoms with E-state index in [9.17, 15) is 14.9 Å². The highest BCUT2D eigenvalue weighted by Crippen LogP contribution is 2.25. The topological polar surface area (TPSA) is 81.3 Å². The van der Waals surface area contributed by atoms with Crippen LogP contribution < -0.4 is 0 Å². The van der Waals surface area contributed by atoms with Gasteiger partial charge in [-0.05, 0) is 56.7 Å². The van der Waals surface area contributed by atoms with E-state index in [4.69, 9.17) is 0 Å². The minimum absolute atomic E-state index is 0.0151. The van der Waals surface area contributed by atoms with Gasteiger partial charge >= 0.3 is 0 Å². The first-order valence-corrected chi connectivity index (χ1v) is 9.15. The van der Waals surface area contributed by atoms with Crippen molar-refractivity contribution in [3.63, 3.8) is 0 Å². The van der Waals surface area contributed by atoms with E-state index < -0.39 is 4.92 Å². The fourth-order valence-electron chi connectivity index (χ4n) is 3.06. The Morgan fingerprint density at radius 3 is 2.36 bits per heavy atom. The maximum absolute atomic E-state index is 13.0. The normalized spacial score (nSPS) is 10.7. The number of hydrogen-bond acceptors (Lipinski definition) is 4. The summed E-state index contributed by atoms with van der Waals surface area (Å²) in [6.07, 6.45) is 0. The number of aromatic nitrogens is 2. The second-order valence-electron chi connectivity index (χ2n) is 6.45. The SMILES string of the molecule is CCN(CC)C(=O)c1cc(-c2ccc([N+](=O)[O-])cc2)nn1-c1cccc(C)c1. The van der Waals surface area contributed by atoms with E-state index in [-0.39, 0.29) is 11.6 Å². The van der Waals surface area contributed by atoms with Crippen LogP contribution in [0.2, 0.25) is 0 Å². The van der Waals surface area contributed by atoms with Crippen LogP contribution in [0.25, 0.3) is 16.9 Å². The van der Waals surface area contributed by atoms with Crippen LogP contribution in [0.3, 0.4) is 0 Å². The Balaban J connectivity index is 2.11. The van der Waals surface area contributed by atoms with Crippen LogP contribution in [0.1, 0.15) is 29.9 Å². The predicted octanol–water partition coefficient (Wildman–Crippen LogP) is 4.24. The maximum atomic E-state index is 13.0. The lowest BCUT2D eigenvalue weighted by molar-refractivity contribution is -0.384. The van der Waals surface area contributed by atoms with Crippen molar-refractivity contribution in [1.29, 1.82) is 0 Å². The zero-order valence-electron chi connectivity index (χ0n) is 16.1. The largest absolute Gasteiger partial charge is 0.338 e. The van der Waals surface area contributed by atoms with Crippen molar-refractivity contribution in [3.8, 4) is 16.9 Å². The molecule has 2 aromatic carbocycles. The average Bonchev–Trinajstić information content (AvgIpc) is 3.14. The highest BCUT2D eigenvalue weighted by Gasteiger charge is 2.21. The van der Waals surface area contributed by atoms with Gasteiger partial charge in [-0.1, -0.05) is 12.1 Å². The number of carbonyl (C=O) groups excluding carboxylic acids is 1.